The number of hydrogen-bond acceptors (Lipinski definition) is 1. The Morgan fingerprint density at radius 1 is 1.33 bits per heavy atom. The maximum Gasteiger partial charge on any atom is 0.0744 e. The minimum absolute atomic E-state index is 0.241. The summed E-state index contributed by atoms with van der Waals surface area (Å²) in [4.78, 5) is 0. The first-order valence-corrected chi connectivity index (χ1v) is 3.84. The predicted octanol–water partition coefficient (Wildman–Crippen LogP) is 2.25. The molecule has 0 aromatic rings. The fraction of sp³-hybridized carbons (Fsp3) is 0.800. The lowest BCUT2D eigenvalue weighted by Crippen LogP contribution is -2.21. The van der Waals surface area contributed by atoms with Gasteiger partial charge in [-0.05, 0) is 0 Å². The summed E-state index contributed by atoms with van der Waals surface area (Å²) in [6, 6.07) is 0. The minimum Gasteiger partial charge on any atom is -0.377 e. The molecular formula is C5H8Cl3O. The molecule has 0 rings (SSSR count). The summed E-state index contributed by atoms with van der Waals surface area (Å²) in [5, 5.41) is -0.489. The molecule has 0 amide bonds. The van der Waals surface area contributed by atoms with Crippen LogP contribution < -0.4 is 0 Å². The van der Waals surface area contributed by atoms with Gasteiger partial charge in [0.15, 0.2) is 0 Å². The van der Waals surface area contributed by atoms with Crippen LogP contribution in [0, 0.1) is 7.11 Å². The monoisotopic (exact) mass is 189 g/mol. The first-order valence-electron chi connectivity index (χ1n) is 2.43. The minimum atomic E-state index is -0.248. The second kappa shape index (κ2) is 5.60. The molecule has 1 radical (unpaired) electrons. The second-order valence-corrected chi connectivity index (χ2v) is 2.99. The Bertz CT molecular complexity index is 69.2. The highest BCUT2D eigenvalue weighted by atomic mass is 35.5. The predicted molar refractivity (Wildman–Crippen MR) is 41.3 cm³/mol. The summed E-state index contributed by atoms with van der Waals surface area (Å²) >= 11 is 16.7. The van der Waals surface area contributed by atoms with E-state index in [1.807, 2.05) is 0 Å². The molecule has 2 unspecified atom stereocenters. The van der Waals surface area contributed by atoms with Crippen molar-refractivity contribution in [2.45, 2.75) is 10.8 Å². The van der Waals surface area contributed by atoms with Crippen LogP contribution in [0.4, 0.5) is 0 Å². The fourth-order valence-electron chi connectivity index (χ4n) is 0.314. The Balaban J connectivity index is 3.32. The molecule has 9 heavy (non-hydrogen) atoms. The van der Waals surface area contributed by atoms with Crippen LogP contribution in [0.1, 0.15) is 0 Å². The quantitative estimate of drug-likeness (QED) is 0.618. The first kappa shape index (κ1) is 9.83. The zero-order chi connectivity index (χ0) is 7.28. The molecule has 0 fully saturated rings. The molecule has 0 aromatic heterocycles. The Morgan fingerprint density at radius 2 is 1.89 bits per heavy atom. The smallest absolute Gasteiger partial charge is 0.0744 e. The topological polar surface area (TPSA) is 9.23 Å². The van der Waals surface area contributed by atoms with Crippen LogP contribution >= 0.6 is 34.8 Å². The Hall–Kier alpha value is 0.830. The van der Waals surface area contributed by atoms with E-state index in [9.17, 15) is 0 Å². The van der Waals surface area contributed by atoms with Crippen molar-refractivity contribution in [3.05, 3.63) is 7.11 Å². The van der Waals surface area contributed by atoms with E-state index < -0.39 is 0 Å². The van der Waals surface area contributed by atoms with Crippen molar-refractivity contribution < 1.29 is 4.74 Å². The van der Waals surface area contributed by atoms with Gasteiger partial charge in [0.25, 0.3) is 0 Å². The maximum atomic E-state index is 5.65. The van der Waals surface area contributed by atoms with Crippen molar-refractivity contribution in [1.82, 2.24) is 0 Å². The summed E-state index contributed by atoms with van der Waals surface area (Å²) in [6.45, 7) is 0.336. The van der Waals surface area contributed by atoms with Crippen LogP contribution in [-0.4, -0.2) is 23.2 Å². The molecule has 0 saturated carbocycles. The van der Waals surface area contributed by atoms with Crippen molar-refractivity contribution in [2.75, 3.05) is 12.5 Å². The fourth-order valence-corrected chi connectivity index (χ4v) is 0.871. The summed E-state index contributed by atoms with van der Waals surface area (Å²) in [6.07, 6.45) is 0. The summed E-state index contributed by atoms with van der Waals surface area (Å²) in [5.74, 6) is 0.332. The Labute approximate surface area is 70.2 Å². The average Bonchev–Trinajstić information content (AvgIpc) is 1.87. The maximum absolute atomic E-state index is 5.65. The molecule has 0 saturated heterocycles. The standard InChI is InChI=1S/C5H8Cl3O/c1-9-3-5(8)4(7)2-6/h4-5H,1-3H2. The first-order chi connectivity index (χ1) is 4.22. The third kappa shape index (κ3) is 4.26. The van der Waals surface area contributed by atoms with Crippen LogP contribution in [0.3, 0.4) is 0 Å². The number of halogens is 3. The normalized spacial score (nSPS) is 17.3. The molecular weight excluding hydrogens is 182 g/mol. The average molecular weight is 190 g/mol. The van der Waals surface area contributed by atoms with Gasteiger partial charge in [-0.3, -0.25) is 0 Å². The van der Waals surface area contributed by atoms with Crippen LogP contribution in [0.25, 0.3) is 0 Å². The highest BCUT2D eigenvalue weighted by Crippen LogP contribution is 2.11. The van der Waals surface area contributed by atoms with Crippen LogP contribution in [0.5, 0.6) is 0 Å². The van der Waals surface area contributed by atoms with Gasteiger partial charge < -0.3 is 4.74 Å². The van der Waals surface area contributed by atoms with Crippen molar-refractivity contribution in [2.24, 2.45) is 0 Å². The molecule has 2 atom stereocenters. The Morgan fingerprint density at radius 3 is 2.22 bits per heavy atom. The van der Waals surface area contributed by atoms with Gasteiger partial charge in [-0.15, -0.1) is 34.8 Å². The van der Waals surface area contributed by atoms with E-state index in [1.54, 1.807) is 0 Å². The lowest BCUT2D eigenvalue weighted by atomic mass is 10.3. The van der Waals surface area contributed by atoms with Crippen LogP contribution in [-0.2, 0) is 4.74 Å². The zero-order valence-electron chi connectivity index (χ0n) is 4.82. The number of ether oxygens (including phenoxy) is 1. The van der Waals surface area contributed by atoms with E-state index in [0.29, 0.717) is 12.5 Å². The third-order valence-corrected chi connectivity index (χ3v) is 2.32. The second-order valence-electron chi connectivity index (χ2n) is 1.56. The highest BCUT2D eigenvalue weighted by molar-refractivity contribution is 6.33. The van der Waals surface area contributed by atoms with Crippen molar-refractivity contribution in [3.63, 3.8) is 0 Å². The SMILES string of the molecule is [CH2]OCC(Cl)C(Cl)CCl. The lowest BCUT2D eigenvalue weighted by Gasteiger charge is -2.10. The lowest BCUT2D eigenvalue weighted by molar-refractivity contribution is 0.240. The van der Waals surface area contributed by atoms with Gasteiger partial charge in [0.05, 0.1) is 24.5 Å². The molecule has 4 heteroatoms. The molecule has 0 spiro atoms. The van der Waals surface area contributed by atoms with Gasteiger partial charge in [-0.1, -0.05) is 0 Å². The van der Waals surface area contributed by atoms with Crippen molar-refractivity contribution >= 4 is 34.8 Å². The number of hydrogen-bond donors (Lipinski definition) is 0. The zero-order valence-corrected chi connectivity index (χ0v) is 7.09. The third-order valence-electron chi connectivity index (χ3n) is 0.817. The molecule has 0 aromatic carbocycles. The van der Waals surface area contributed by atoms with Crippen molar-refractivity contribution in [1.29, 1.82) is 0 Å². The van der Waals surface area contributed by atoms with Gasteiger partial charge in [0, 0.05) is 5.88 Å². The Kier molecular flexibility index (Phi) is 6.12. The number of rotatable bonds is 4. The summed E-state index contributed by atoms with van der Waals surface area (Å²) < 4.78 is 4.50. The van der Waals surface area contributed by atoms with E-state index in [2.05, 4.69) is 11.8 Å². The van der Waals surface area contributed by atoms with Gasteiger partial charge >= 0.3 is 0 Å². The van der Waals surface area contributed by atoms with Gasteiger partial charge in [0.2, 0.25) is 0 Å². The van der Waals surface area contributed by atoms with E-state index in [0.717, 1.165) is 0 Å². The molecule has 0 aliphatic heterocycles. The van der Waals surface area contributed by atoms with Crippen LogP contribution in [0.2, 0.25) is 0 Å². The molecule has 0 heterocycles. The van der Waals surface area contributed by atoms with E-state index in [4.69, 9.17) is 34.8 Å². The molecule has 55 valence electrons. The highest BCUT2D eigenvalue weighted by Gasteiger charge is 2.14. The number of alkyl halides is 3. The molecule has 1 nitrogen and oxygen atoms in total. The van der Waals surface area contributed by atoms with E-state index in [-0.39, 0.29) is 10.8 Å². The molecule has 0 aliphatic rings. The van der Waals surface area contributed by atoms with Gasteiger partial charge in [-0.25, -0.2) is 0 Å². The summed E-state index contributed by atoms with van der Waals surface area (Å²) in [7, 11) is 3.16. The van der Waals surface area contributed by atoms with E-state index in [1.165, 1.54) is 0 Å². The molecule has 0 N–H and O–H groups in total. The van der Waals surface area contributed by atoms with E-state index >= 15 is 0 Å². The molecule has 0 bridgehead atoms. The van der Waals surface area contributed by atoms with Crippen molar-refractivity contribution in [3.8, 4) is 0 Å². The van der Waals surface area contributed by atoms with Gasteiger partial charge in [0.1, 0.15) is 0 Å². The van der Waals surface area contributed by atoms with Crippen LogP contribution in [0.15, 0.2) is 0 Å². The summed E-state index contributed by atoms with van der Waals surface area (Å²) in [5.41, 5.74) is 0. The molecule has 0 aliphatic carbocycles. The largest absolute Gasteiger partial charge is 0.377 e. The van der Waals surface area contributed by atoms with Gasteiger partial charge in [-0.2, -0.15) is 0 Å².